The summed E-state index contributed by atoms with van der Waals surface area (Å²) < 4.78 is 2.01. The molecular formula is C25H32ClN5OS. The molecule has 0 saturated carbocycles. The lowest BCUT2D eigenvalue weighted by molar-refractivity contribution is -0.121. The second kappa shape index (κ2) is 11.7. The molecule has 1 aromatic heterocycles. The van der Waals surface area contributed by atoms with Gasteiger partial charge in [0.15, 0.2) is 11.0 Å². The first-order valence-electron chi connectivity index (χ1n) is 11.2. The summed E-state index contributed by atoms with van der Waals surface area (Å²) >= 11 is 7.52. The Labute approximate surface area is 205 Å². The number of nitrogens with zero attached hydrogens (tertiary/aromatic N) is 4. The molecule has 3 rings (SSSR count). The van der Waals surface area contributed by atoms with Gasteiger partial charge in [0.25, 0.3) is 0 Å². The lowest BCUT2D eigenvalue weighted by Crippen LogP contribution is -2.34. The molecular weight excluding hydrogens is 454 g/mol. The van der Waals surface area contributed by atoms with E-state index in [1.54, 1.807) is 0 Å². The van der Waals surface area contributed by atoms with Crippen LogP contribution >= 0.6 is 23.4 Å². The van der Waals surface area contributed by atoms with Gasteiger partial charge in [0, 0.05) is 10.7 Å². The number of hydrogen-bond donors (Lipinski definition) is 1. The van der Waals surface area contributed by atoms with Gasteiger partial charge in [-0.15, -0.1) is 10.2 Å². The third-order valence-corrected chi connectivity index (χ3v) is 6.93. The molecule has 0 radical (unpaired) electrons. The van der Waals surface area contributed by atoms with E-state index in [0.717, 1.165) is 29.9 Å². The molecule has 1 amide bonds. The first-order chi connectivity index (χ1) is 15.8. The van der Waals surface area contributed by atoms with Crippen LogP contribution in [0.1, 0.15) is 57.1 Å². The quantitative estimate of drug-likeness (QED) is 0.374. The summed E-state index contributed by atoms with van der Waals surface area (Å²) in [4.78, 5) is 15.2. The van der Waals surface area contributed by atoms with Gasteiger partial charge in [0.1, 0.15) is 0 Å². The zero-order chi connectivity index (χ0) is 24.0. The fourth-order valence-corrected chi connectivity index (χ4v) is 4.50. The smallest absolute Gasteiger partial charge is 0.233 e. The highest BCUT2D eigenvalue weighted by Crippen LogP contribution is 2.30. The van der Waals surface area contributed by atoms with Crippen LogP contribution in [0.5, 0.6) is 0 Å². The fourth-order valence-electron chi connectivity index (χ4n) is 3.49. The van der Waals surface area contributed by atoms with Gasteiger partial charge in [-0.05, 0) is 64.2 Å². The summed E-state index contributed by atoms with van der Waals surface area (Å²) in [6.45, 7) is 6.11. The van der Waals surface area contributed by atoms with E-state index in [9.17, 15) is 4.79 Å². The van der Waals surface area contributed by atoms with Crippen LogP contribution in [-0.2, 0) is 4.79 Å². The van der Waals surface area contributed by atoms with E-state index in [1.165, 1.54) is 11.8 Å². The Kier molecular flexibility index (Phi) is 8.95. The maximum atomic E-state index is 13.1. The van der Waals surface area contributed by atoms with Gasteiger partial charge in [-0.25, -0.2) is 0 Å². The average molecular weight is 486 g/mol. The van der Waals surface area contributed by atoms with Gasteiger partial charge in [0.05, 0.1) is 17.3 Å². The largest absolute Gasteiger partial charge is 0.348 e. The maximum Gasteiger partial charge on any atom is 0.233 e. The molecule has 176 valence electrons. The fraction of sp³-hybridized carbons (Fsp3) is 0.400. The predicted molar refractivity (Wildman–Crippen MR) is 136 cm³/mol. The Hall–Kier alpha value is -2.35. The molecule has 0 saturated heterocycles. The van der Waals surface area contributed by atoms with Crippen molar-refractivity contribution in [3.8, 4) is 5.69 Å². The second-order valence-electron chi connectivity index (χ2n) is 8.31. The van der Waals surface area contributed by atoms with Crippen molar-refractivity contribution >= 4 is 29.3 Å². The Morgan fingerprint density at radius 3 is 2.36 bits per heavy atom. The van der Waals surface area contributed by atoms with Crippen LogP contribution in [0, 0.1) is 0 Å². The summed E-state index contributed by atoms with van der Waals surface area (Å²) in [6, 6.07) is 17.7. The van der Waals surface area contributed by atoms with Crippen LogP contribution in [0.3, 0.4) is 0 Å². The third-order valence-electron chi connectivity index (χ3n) is 5.64. The summed E-state index contributed by atoms with van der Waals surface area (Å²) in [5, 5.41) is 13.1. The summed E-state index contributed by atoms with van der Waals surface area (Å²) in [6.07, 6.45) is 1.87. The zero-order valence-corrected chi connectivity index (χ0v) is 21.4. The monoisotopic (exact) mass is 485 g/mol. The lowest BCUT2D eigenvalue weighted by atomic mass is 10.0. The Balaban J connectivity index is 1.84. The number of aromatic nitrogens is 3. The van der Waals surface area contributed by atoms with Gasteiger partial charge in [0.2, 0.25) is 5.91 Å². The van der Waals surface area contributed by atoms with E-state index in [0.29, 0.717) is 10.2 Å². The number of rotatable bonds is 10. The van der Waals surface area contributed by atoms with Crippen molar-refractivity contribution < 1.29 is 4.79 Å². The van der Waals surface area contributed by atoms with Gasteiger partial charge in [-0.3, -0.25) is 14.3 Å². The highest BCUT2D eigenvalue weighted by Gasteiger charge is 2.25. The van der Waals surface area contributed by atoms with Crippen molar-refractivity contribution in [3.63, 3.8) is 0 Å². The van der Waals surface area contributed by atoms with Crippen molar-refractivity contribution in [2.75, 3.05) is 14.1 Å². The minimum Gasteiger partial charge on any atom is -0.348 e. The van der Waals surface area contributed by atoms with E-state index < -0.39 is 0 Å². The van der Waals surface area contributed by atoms with Crippen LogP contribution in [0.2, 0.25) is 5.02 Å². The standard InChI is InChI=1S/C25H32ClN5OS/c1-6-10-22(19-11-8-7-9-12-19)27-24(32)18(3)33-25-29-28-23(17(2)30(4)5)31(25)21-15-13-20(26)14-16-21/h7-9,11-18,22H,6,10H2,1-5H3,(H,27,32). The van der Waals surface area contributed by atoms with Crippen molar-refractivity contribution in [1.82, 2.24) is 25.0 Å². The van der Waals surface area contributed by atoms with Crippen LogP contribution in [0.25, 0.3) is 5.69 Å². The minimum atomic E-state index is -0.342. The highest BCUT2D eigenvalue weighted by molar-refractivity contribution is 8.00. The summed E-state index contributed by atoms with van der Waals surface area (Å²) in [7, 11) is 4.01. The number of benzene rings is 2. The number of carbonyl (C=O) groups excluding carboxylic acids is 1. The molecule has 0 aliphatic rings. The van der Waals surface area contributed by atoms with E-state index in [1.807, 2.05) is 68.1 Å². The second-order valence-corrected chi connectivity index (χ2v) is 10.1. The zero-order valence-electron chi connectivity index (χ0n) is 19.8. The van der Waals surface area contributed by atoms with Gasteiger partial charge in [-0.2, -0.15) is 0 Å². The van der Waals surface area contributed by atoms with Crippen LogP contribution < -0.4 is 5.32 Å². The topological polar surface area (TPSA) is 63.1 Å². The Morgan fingerprint density at radius 1 is 1.09 bits per heavy atom. The number of nitrogens with one attached hydrogen (secondary N) is 1. The molecule has 1 N–H and O–H groups in total. The van der Waals surface area contributed by atoms with Crippen molar-refractivity contribution in [2.24, 2.45) is 0 Å². The van der Waals surface area contributed by atoms with E-state index >= 15 is 0 Å². The molecule has 3 unspecified atom stereocenters. The molecule has 0 aliphatic heterocycles. The minimum absolute atomic E-state index is 0.00907. The summed E-state index contributed by atoms with van der Waals surface area (Å²) in [5.74, 6) is 0.792. The van der Waals surface area contributed by atoms with E-state index in [-0.39, 0.29) is 23.2 Å². The lowest BCUT2D eigenvalue weighted by Gasteiger charge is -2.22. The number of hydrogen-bond acceptors (Lipinski definition) is 5. The Morgan fingerprint density at radius 2 is 1.76 bits per heavy atom. The van der Waals surface area contributed by atoms with E-state index in [2.05, 4.69) is 46.4 Å². The van der Waals surface area contributed by atoms with Crippen LogP contribution in [0.15, 0.2) is 59.8 Å². The first kappa shape index (κ1) is 25.3. The maximum absolute atomic E-state index is 13.1. The van der Waals surface area contributed by atoms with Crippen molar-refractivity contribution in [1.29, 1.82) is 0 Å². The van der Waals surface area contributed by atoms with Crippen molar-refractivity contribution in [2.45, 2.75) is 56.1 Å². The Bertz CT molecular complexity index is 1040. The predicted octanol–water partition coefficient (Wildman–Crippen LogP) is 5.68. The van der Waals surface area contributed by atoms with Crippen LogP contribution in [-0.4, -0.2) is 44.9 Å². The molecule has 3 atom stereocenters. The normalized spacial score (nSPS) is 14.2. The number of amides is 1. The van der Waals surface area contributed by atoms with Crippen molar-refractivity contribution in [3.05, 3.63) is 71.0 Å². The van der Waals surface area contributed by atoms with Gasteiger partial charge in [-0.1, -0.05) is 67.0 Å². The molecule has 33 heavy (non-hydrogen) atoms. The molecule has 6 nitrogen and oxygen atoms in total. The molecule has 3 aromatic rings. The molecule has 0 spiro atoms. The van der Waals surface area contributed by atoms with E-state index in [4.69, 9.17) is 11.6 Å². The van der Waals surface area contributed by atoms with Gasteiger partial charge < -0.3 is 5.32 Å². The molecule has 1 heterocycles. The SMILES string of the molecule is CCCC(NC(=O)C(C)Sc1nnc(C(C)N(C)C)n1-c1ccc(Cl)cc1)c1ccccc1. The number of carbonyl (C=O) groups is 1. The number of halogens is 1. The highest BCUT2D eigenvalue weighted by atomic mass is 35.5. The third kappa shape index (κ3) is 6.37. The molecule has 8 heteroatoms. The average Bonchev–Trinajstić information content (AvgIpc) is 3.22. The molecule has 0 bridgehead atoms. The molecule has 0 fully saturated rings. The summed E-state index contributed by atoms with van der Waals surface area (Å²) in [5.41, 5.74) is 2.03. The number of thioether (sulfide) groups is 1. The van der Waals surface area contributed by atoms with Gasteiger partial charge >= 0.3 is 0 Å². The molecule has 0 aliphatic carbocycles. The van der Waals surface area contributed by atoms with Crippen LogP contribution in [0.4, 0.5) is 0 Å². The molecule has 2 aromatic carbocycles. The first-order valence-corrected chi connectivity index (χ1v) is 12.5.